The number of nitrogens with one attached hydrogen (secondary N) is 3. The van der Waals surface area contributed by atoms with Gasteiger partial charge in [0.2, 0.25) is 0 Å². The molecule has 0 aromatic heterocycles. The van der Waals surface area contributed by atoms with Crippen LogP contribution in [0.4, 0.5) is 10.5 Å². The second kappa shape index (κ2) is 9.08. The highest BCUT2D eigenvalue weighted by molar-refractivity contribution is 6.30. The first-order chi connectivity index (χ1) is 11.9. The van der Waals surface area contributed by atoms with Gasteiger partial charge in [-0.1, -0.05) is 37.6 Å². The Labute approximate surface area is 152 Å². The number of rotatable bonds is 6. The molecule has 0 spiro atoms. The topological polar surface area (TPSA) is 70.2 Å². The van der Waals surface area contributed by atoms with E-state index in [1.807, 2.05) is 26.0 Å². The van der Waals surface area contributed by atoms with Gasteiger partial charge in [-0.25, -0.2) is 4.79 Å². The maximum atomic E-state index is 11.9. The van der Waals surface area contributed by atoms with E-state index in [2.05, 4.69) is 16.0 Å². The van der Waals surface area contributed by atoms with Gasteiger partial charge < -0.3 is 16.0 Å². The van der Waals surface area contributed by atoms with Crippen LogP contribution in [0.15, 0.2) is 48.5 Å². The largest absolute Gasteiger partial charge is 0.352 e. The molecule has 3 amide bonds. The number of carbonyl (C=O) groups is 2. The molecule has 3 N–H and O–H groups in total. The number of benzene rings is 2. The maximum absolute atomic E-state index is 11.9. The first-order valence-corrected chi connectivity index (χ1v) is 8.49. The van der Waals surface area contributed by atoms with E-state index < -0.39 is 0 Å². The fourth-order valence-corrected chi connectivity index (χ4v) is 2.19. The molecule has 0 aliphatic heterocycles. The first-order valence-electron chi connectivity index (χ1n) is 8.11. The Morgan fingerprint density at radius 3 is 2.20 bits per heavy atom. The molecule has 2 aromatic carbocycles. The summed E-state index contributed by atoms with van der Waals surface area (Å²) in [4.78, 5) is 23.9. The normalized spacial score (nSPS) is 10.4. The van der Waals surface area contributed by atoms with Gasteiger partial charge >= 0.3 is 6.03 Å². The highest BCUT2D eigenvalue weighted by atomic mass is 35.5. The molecular formula is C19H22ClN3O2. The molecule has 132 valence electrons. The minimum atomic E-state index is -0.313. The second-order valence-electron chi connectivity index (χ2n) is 6.12. The highest BCUT2D eigenvalue weighted by Gasteiger charge is 2.07. The Morgan fingerprint density at radius 2 is 1.60 bits per heavy atom. The van der Waals surface area contributed by atoms with Gasteiger partial charge in [0, 0.05) is 29.4 Å². The smallest absolute Gasteiger partial charge is 0.319 e. The third-order valence-corrected chi connectivity index (χ3v) is 3.69. The van der Waals surface area contributed by atoms with Crippen LogP contribution in [-0.2, 0) is 6.54 Å². The fraction of sp³-hybridized carbons (Fsp3) is 0.263. The number of amides is 3. The molecule has 5 nitrogen and oxygen atoms in total. The summed E-state index contributed by atoms with van der Waals surface area (Å²) in [5.41, 5.74) is 2.14. The molecule has 2 aromatic rings. The molecule has 0 atom stereocenters. The molecule has 0 radical (unpaired) electrons. The molecule has 0 heterocycles. The lowest BCUT2D eigenvalue weighted by Gasteiger charge is -2.10. The molecule has 0 unspecified atom stereocenters. The van der Waals surface area contributed by atoms with Gasteiger partial charge in [0.25, 0.3) is 5.91 Å². The van der Waals surface area contributed by atoms with Crippen molar-refractivity contribution in [2.75, 3.05) is 11.9 Å². The van der Waals surface area contributed by atoms with Crippen LogP contribution in [0.25, 0.3) is 0 Å². The molecule has 0 aliphatic carbocycles. The van der Waals surface area contributed by atoms with Gasteiger partial charge in [-0.2, -0.15) is 0 Å². The Kier molecular flexibility index (Phi) is 6.83. The molecule has 0 saturated heterocycles. The van der Waals surface area contributed by atoms with Gasteiger partial charge in [-0.05, 0) is 47.9 Å². The van der Waals surface area contributed by atoms with Gasteiger partial charge in [0.05, 0.1) is 0 Å². The Bertz CT molecular complexity index is 712. The highest BCUT2D eigenvalue weighted by Crippen LogP contribution is 2.11. The van der Waals surface area contributed by atoms with Crippen molar-refractivity contribution >= 4 is 29.2 Å². The molecule has 2 rings (SSSR count). The Hall–Kier alpha value is -2.53. The summed E-state index contributed by atoms with van der Waals surface area (Å²) in [5, 5.41) is 9.01. The monoisotopic (exact) mass is 359 g/mol. The van der Waals surface area contributed by atoms with Crippen molar-refractivity contribution in [3.8, 4) is 0 Å². The zero-order valence-corrected chi connectivity index (χ0v) is 15.1. The van der Waals surface area contributed by atoms with E-state index in [0.717, 1.165) is 5.56 Å². The van der Waals surface area contributed by atoms with Gasteiger partial charge in [0.1, 0.15) is 0 Å². The predicted molar refractivity (Wildman–Crippen MR) is 101 cm³/mol. The average Bonchev–Trinajstić information content (AvgIpc) is 2.60. The van der Waals surface area contributed by atoms with Crippen LogP contribution in [0.1, 0.15) is 29.8 Å². The van der Waals surface area contributed by atoms with Crippen molar-refractivity contribution < 1.29 is 9.59 Å². The summed E-state index contributed by atoms with van der Waals surface area (Å²) < 4.78 is 0. The lowest BCUT2D eigenvalue weighted by atomic mass is 10.1. The SMILES string of the molecule is CC(C)CNC(=O)c1ccc(NC(=O)NCc2ccc(Cl)cc2)cc1. The zero-order valence-electron chi connectivity index (χ0n) is 14.3. The number of urea groups is 1. The summed E-state index contributed by atoms with van der Waals surface area (Å²) in [7, 11) is 0. The van der Waals surface area contributed by atoms with Crippen molar-refractivity contribution in [2.24, 2.45) is 5.92 Å². The van der Waals surface area contributed by atoms with Crippen molar-refractivity contribution in [2.45, 2.75) is 20.4 Å². The van der Waals surface area contributed by atoms with Gasteiger partial charge in [-0.3, -0.25) is 4.79 Å². The predicted octanol–water partition coefficient (Wildman–Crippen LogP) is 4.05. The number of carbonyl (C=O) groups excluding carboxylic acids is 2. The van der Waals surface area contributed by atoms with E-state index in [1.54, 1.807) is 36.4 Å². The molecular weight excluding hydrogens is 338 g/mol. The standard InChI is InChI=1S/C19H22ClN3O2/c1-13(2)11-21-18(24)15-5-9-17(10-6-15)23-19(25)22-12-14-3-7-16(20)8-4-14/h3-10,13H,11-12H2,1-2H3,(H,21,24)(H2,22,23,25). The van der Waals surface area contributed by atoms with E-state index in [1.165, 1.54) is 0 Å². The quantitative estimate of drug-likeness (QED) is 0.728. The molecule has 6 heteroatoms. The van der Waals surface area contributed by atoms with Crippen molar-refractivity contribution in [3.05, 3.63) is 64.7 Å². The average molecular weight is 360 g/mol. The van der Waals surface area contributed by atoms with E-state index in [-0.39, 0.29) is 11.9 Å². The zero-order chi connectivity index (χ0) is 18.2. The van der Waals surface area contributed by atoms with Crippen LogP contribution in [0.5, 0.6) is 0 Å². The second-order valence-corrected chi connectivity index (χ2v) is 6.55. The number of hydrogen-bond donors (Lipinski definition) is 3. The van der Waals surface area contributed by atoms with E-state index >= 15 is 0 Å². The Balaban J connectivity index is 1.82. The number of hydrogen-bond acceptors (Lipinski definition) is 2. The third kappa shape index (κ3) is 6.47. The van der Waals surface area contributed by atoms with Crippen LogP contribution in [0, 0.1) is 5.92 Å². The minimum Gasteiger partial charge on any atom is -0.352 e. The van der Waals surface area contributed by atoms with Crippen LogP contribution < -0.4 is 16.0 Å². The molecule has 0 saturated carbocycles. The van der Waals surface area contributed by atoms with E-state index in [0.29, 0.717) is 35.3 Å². The molecule has 0 bridgehead atoms. The lowest BCUT2D eigenvalue weighted by molar-refractivity contribution is 0.0949. The first kappa shape index (κ1) is 18.8. The van der Waals surface area contributed by atoms with E-state index in [9.17, 15) is 9.59 Å². The summed E-state index contributed by atoms with van der Waals surface area (Å²) in [6.45, 7) is 5.11. The summed E-state index contributed by atoms with van der Waals surface area (Å²) in [6, 6.07) is 13.7. The summed E-state index contributed by atoms with van der Waals surface area (Å²) in [6.07, 6.45) is 0. The fourth-order valence-electron chi connectivity index (χ4n) is 2.06. The van der Waals surface area contributed by atoms with Crippen LogP contribution in [0.3, 0.4) is 0 Å². The van der Waals surface area contributed by atoms with Crippen molar-refractivity contribution in [1.82, 2.24) is 10.6 Å². The maximum Gasteiger partial charge on any atom is 0.319 e. The Morgan fingerprint density at radius 1 is 0.960 bits per heavy atom. The minimum absolute atomic E-state index is 0.118. The van der Waals surface area contributed by atoms with Crippen LogP contribution in [0.2, 0.25) is 5.02 Å². The van der Waals surface area contributed by atoms with Gasteiger partial charge in [0.15, 0.2) is 0 Å². The number of anilines is 1. The van der Waals surface area contributed by atoms with E-state index in [4.69, 9.17) is 11.6 Å². The number of halogens is 1. The van der Waals surface area contributed by atoms with Crippen molar-refractivity contribution in [1.29, 1.82) is 0 Å². The van der Waals surface area contributed by atoms with Crippen molar-refractivity contribution in [3.63, 3.8) is 0 Å². The lowest BCUT2D eigenvalue weighted by Crippen LogP contribution is -2.28. The van der Waals surface area contributed by atoms with Gasteiger partial charge in [-0.15, -0.1) is 0 Å². The summed E-state index contributed by atoms with van der Waals surface area (Å²) in [5.74, 6) is 0.279. The molecule has 0 aliphatic rings. The summed E-state index contributed by atoms with van der Waals surface area (Å²) >= 11 is 5.82. The molecule has 25 heavy (non-hydrogen) atoms. The molecule has 0 fully saturated rings. The van der Waals surface area contributed by atoms with Crippen LogP contribution in [-0.4, -0.2) is 18.5 Å². The van der Waals surface area contributed by atoms with Crippen LogP contribution >= 0.6 is 11.6 Å². The third-order valence-electron chi connectivity index (χ3n) is 3.44.